The zero-order valence-corrected chi connectivity index (χ0v) is 16.4. The van der Waals surface area contributed by atoms with Gasteiger partial charge in [-0.3, -0.25) is 0 Å². The van der Waals surface area contributed by atoms with Crippen LogP contribution in [0, 0.1) is 0 Å². The molecule has 0 aromatic carbocycles. The maximum Gasteiger partial charge on any atom is 0.189 e. The van der Waals surface area contributed by atoms with Gasteiger partial charge in [-0.25, -0.2) is 0 Å². The second kappa shape index (κ2) is 13.4. The highest BCUT2D eigenvalue weighted by molar-refractivity contribution is 4.92. The number of aliphatic hydroxyl groups is 8. The highest BCUT2D eigenvalue weighted by Gasteiger charge is 2.49. The third-order valence-electron chi connectivity index (χ3n) is 4.44. The molecule has 0 radical (unpaired) electrons. The largest absolute Gasteiger partial charge is 0.394 e. The smallest absolute Gasteiger partial charge is 0.189 e. The van der Waals surface area contributed by atoms with Crippen LogP contribution in [0.2, 0.25) is 0 Å². The summed E-state index contributed by atoms with van der Waals surface area (Å²) in [5, 5.41) is 76.4. The number of ether oxygens (including phenoxy) is 4. The first-order valence-corrected chi connectivity index (χ1v) is 9.29. The minimum atomic E-state index is -1.72. The van der Waals surface area contributed by atoms with E-state index in [-0.39, 0.29) is 0 Å². The van der Waals surface area contributed by atoms with Gasteiger partial charge in [-0.05, 0) is 0 Å². The summed E-state index contributed by atoms with van der Waals surface area (Å²) in [5.41, 5.74) is 0. The molecule has 0 saturated carbocycles. The Kier molecular flexibility index (Phi) is 12.1. The van der Waals surface area contributed by atoms with Gasteiger partial charge < -0.3 is 59.8 Å². The summed E-state index contributed by atoms with van der Waals surface area (Å²) in [6, 6.07) is 0. The van der Waals surface area contributed by atoms with Crippen LogP contribution in [-0.4, -0.2) is 129 Å². The van der Waals surface area contributed by atoms with E-state index < -0.39 is 74.6 Å². The van der Waals surface area contributed by atoms with E-state index in [0.29, 0.717) is 13.2 Å². The molecule has 2 aliphatic rings. The monoisotopic (exact) mass is 440 g/mol. The van der Waals surface area contributed by atoms with Gasteiger partial charge in [0.2, 0.25) is 0 Å². The van der Waals surface area contributed by atoms with Crippen molar-refractivity contribution in [3.8, 4) is 0 Å². The Morgan fingerprint density at radius 3 is 1.30 bits per heavy atom. The van der Waals surface area contributed by atoms with Crippen LogP contribution in [0.25, 0.3) is 0 Å². The van der Waals surface area contributed by atoms with E-state index in [1.54, 1.807) is 12.2 Å². The summed E-state index contributed by atoms with van der Waals surface area (Å²) >= 11 is 0. The van der Waals surface area contributed by atoms with Crippen molar-refractivity contribution in [1.82, 2.24) is 0 Å². The van der Waals surface area contributed by atoms with Gasteiger partial charge in [0.15, 0.2) is 12.6 Å². The van der Waals surface area contributed by atoms with Crippen LogP contribution < -0.4 is 0 Å². The molecule has 0 amide bonds. The van der Waals surface area contributed by atoms with Gasteiger partial charge in [-0.1, -0.05) is 12.2 Å². The Hall–Kier alpha value is -1.00. The van der Waals surface area contributed by atoms with Crippen LogP contribution in [0.15, 0.2) is 25.3 Å². The van der Waals surface area contributed by atoms with Gasteiger partial charge in [0, 0.05) is 0 Å². The molecule has 12 nitrogen and oxygen atoms in total. The molecule has 2 rings (SSSR count). The van der Waals surface area contributed by atoms with E-state index in [1.807, 2.05) is 0 Å². The highest BCUT2D eigenvalue weighted by Crippen LogP contribution is 2.27. The molecule has 12 heteroatoms. The van der Waals surface area contributed by atoms with Crippen molar-refractivity contribution in [3.05, 3.63) is 25.3 Å². The van der Waals surface area contributed by atoms with Crippen molar-refractivity contribution < 1.29 is 59.8 Å². The van der Waals surface area contributed by atoms with Crippen molar-refractivity contribution in [2.75, 3.05) is 26.4 Å². The normalized spacial score (nSPS) is 41.5. The lowest BCUT2D eigenvalue weighted by Gasteiger charge is -2.44. The van der Waals surface area contributed by atoms with E-state index >= 15 is 0 Å². The molecular weight excluding hydrogens is 408 g/mol. The quantitative estimate of drug-likeness (QED) is 0.135. The molecule has 2 saturated heterocycles. The summed E-state index contributed by atoms with van der Waals surface area (Å²) in [5.74, 6) is 0. The molecular formula is C18H32O12. The highest BCUT2D eigenvalue weighted by atomic mass is 16.8. The lowest BCUT2D eigenvalue weighted by atomic mass is 9.98. The fourth-order valence-corrected chi connectivity index (χ4v) is 2.73. The second-order valence-corrected chi connectivity index (χ2v) is 6.65. The molecule has 0 aromatic heterocycles. The fourth-order valence-electron chi connectivity index (χ4n) is 2.73. The Bertz CT molecular complexity index is 460. The van der Waals surface area contributed by atoms with Crippen molar-refractivity contribution in [2.24, 2.45) is 0 Å². The van der Waals surface area contributed by atoms with Gasteiger partial charge in [-0.2, -0.15) is 0 Å². The molecule has 176 valence electrons. The molecule has 8 N–H and O–H groups in total. The topological polar surface area (TPSA) is 199 Å². The summed E-state index contributed by atoms with van der Waals surface area (Å²) in [7, 11) is 0. The molecule has 2 heterocycles. The molecule has 0 aliphatic carbocycles. The van der Waals surface area contributed by atoms with Gasteiger partial charge in [0.1, 0.15) is 48.8 Å². The van der Waals surface area contributed by atoms with Gasteiger partial charge in [0.25, 0.3) is 0 Å². The first kappa shape index (κ1) is 27.0. The summed E-state index contributed by atoms with van der Waals surface area (Å²) in [6.07, 6.45) is -12.2. The molecule has 30 heavy (non-hydrogen) atoms. The van der Waals surface area contributed by atoms with Crippen LogP contribution in [0.3, 0.4) is 0 Å². The lowest BCUT2D eigenvalue weighted by Crippen LogP contribution is -2.63. The van der Waals surface area contributed by atoms with E-state index in [2.05, 4.69) is 13.2 Å². The maximum absolute atomic E-state index is 9.84. The van der Waals surface area contributed by atoms with Crippen molar-refractivity contribution in [2.45, 2.75) is 61.4 Å². The number of hydrogen-bond acceptors (Lipinski definition) is 12. The van der Waals surface area contributed by atoms with Crippen LogP contribution >= 0.6 is 0 Å². The van der Waals surface area contributed by atoms with Crippen molar-refractivity contribution in [3.63, 3.8) is 0 Å². The molecule has 0 unspecified atom stereocenters. The molecule has 10 atom stereocenters. The minimum Gasteiger partial charge on any atom is -0.394 e. The standard InChI is InChI=1S/C12H22O11.C6H10O/c13-1-3-5(15)7(17)9(19)11(21-3)23-12-10(20)8(18)6(16)4(2-14)22-12;1-3-5-7-6-4-2/h3-20H,1-2H2;3-4H,1-2,5-6H2/t3-,4-,5-,6-,7+,8+,9-,10-,11-,12-;/m1./s1. The van der Waals surface area contributed by atoms with Crippen LogP contribution in [0.5, 0.6) is 0 Å². The molecule has 0 bridgehead atoms. The first-order chi connectivity index (χ1) is 14.2. The molecule has 2 fully saturated rings. The Morgan fingerprint density at radius 2 is 1.00 bits per heavy atom. The molecule has 0 spiro atoms. The van der Waals surface area contributed by atoms with Crippen LogP contribution in [0.4, 0.5) is 0 Å². The molecule has 0 aromatic rings. The zero-order chi connectivity index (χ0) is 22.8. The average Bonchev–Trinajstić information content (AvgIpc) is 2.75. The Balaban J connectivity index is 0.000000553. The third kappa shape index (κ3) is 7.02. The Labute approximate surface area is 173 Å². The van der Waals surface area contributed by atoms with Crippen molar-refractivity contribution in [1.29, 1.82) is 0 Å². The third-order valence-corrected chi connectivity index (χ3v) is 4.44. The fraction of sp³-hybridized carbons (Fsp3) is 0.778. The summed E-state index contributed by atoms with van der Waals surface area (Å²) in [4.78, 5) is 0. The SMILES string of the molecule is C=CCOCC=C.OC[C@H]1O[C@H](O[C@H]2O[C@H](CO)[C@@H](O)[C@H](O)[C@H]2O)[C@H](O)[C@@H](O)[C@@H]1O. The molecule has 2 aliphatic heterocycles. The van der Waals surface area contributed by atoms with E-state index in [0.717, 1.165) is 0 Å². The number of rotatable bonds is 8. The van der Waals surface area contributed by atoms with E-state index in [1.165, 1.54) is 0 Å². The van der Waals surface area contributed by atoms with Crippen molar-refractivity contribution >= 4 is 0 Å². The zero-order valence-electron chi connectivity index (χ0n) is 16.4. The number of hydrogen-bond donors (Lipinski definition) is 8. The van der Waals surface area contributed by atoms with Gasteiger partial charge >= 0.3 is 0 Å². The summed E-state index contributed by atoms with van der Waals surface area (Å²) < 4.78 is 20.2. The first-order valence-electron chi connectivity index (χ1n) is 9.29. The van der Waals surface area contributed by atoms with Gasteiger partial charge in [0.05, 0.1) is 26.4 Å². The van der Waals surface area contributed by atoms with E-state index in [9.17, 15) is 30.6 Å². The number of aliphatic hydroxyl groups excluding tert-OH is 8. The van der Waals surface area contributed by atoms with Crippen LogP contribution in [-0.2, 0) is 18.9 Å². The predicted octanol–water partition coefficient (Wildman–Crippen LogP) is -4.02. The average molecular weight is 440 g/mol. The predicted molar refractivity (Wildman–Crippen MR) is 99.8 cm³/mol. The minimum absolute atomic E-state index is 0.617. The van der Waals surface area contributed by atoms with Crippen LogP contribution in [0.1, 0.15) is 0 Å². The maximum atomic E-state index is 9.84. The summed E-state index contributed by atoms with van der Waals surface area (Å²) in [6.45, 7) is 6.85. The Morgan fingerprint density at radius 1 is 0.633 bits per heavy atom. The second-order valence-electron chi connectivity index (χ2n) is 6.65. The van der Waals surface area contributed by atoms with E-state index in [4.69, 9.17) is 29.2 Å². The lowest BCUT2D eigenvalue weighted by molar-refractivity contribution is -0.376. The van der Waals surface area contributed by atoms with Gasteiger partial charge in [-0.15, -0.1) is 13.2 Å².